The van der Waals surface area contributed by atoms with E-state index in [1.54, 1.807) is 6.20 Å². The van der Waals surface area contributed by atoms with Gasteiger partial charge in [0.2, 0.25) is 0 Å². The van der Waals surface area contributed by atoms with E-state index in [4.69, 9.17) is 5.73 Å². The predicted molar refractivity (Wildman–Crippen MR) is 54.0 cm³/mol. The van der Waals surface area contributed by atoms with Crippen LogP contribution in [0, 0.1) is 6.92 Å². The number of aromatic nitrogens is 2. The minimum Gasteiger partial charge on any atom is -0.412 e. The Morgan fingerprint density at radius 2 is 2.00 bits per heavy atom. The monoisotopic (exact) mass is 215 g/mol. The summed E-state index contributed by atoms with van der Waals surface area (Å²) in [6.07, 6.45) is 1.78. The van der Waals surface area contributed by atoms with Crippen molar-refractivity contribution in [2.45, 2.75) is 19.9 Å². The van der Waals surface area contributed by atoms with Gasteiger partial charge in [0.25, 0.3) is 0 Å². The molecule has 0 radical (unpaired) electrons. The smallest absolute Gasteiger partial charge is 0.122 e. The van der Waals surface area contributed by atoms with Crippen molar-refractivity contribution in [2.75, 3.05) is 0 Å². The minimum absolute atomic E-state index is 0. The van der Waals surface area contributed by atoms with Crippen LogP contribution in [0.1, 0.15) is 24.5 Å². The Morgan fingerprint density at radius 1 is 1.50 bits per heavy atom. The molecule has 6 heteroatoms. The quantitative estimate of drug-likeness (QED) is 0.725. The summed E-state index contributed by atoms with van der Waals surface area (Å²) in [5.41, 5.74) is 6.59. The number of H-pyrrole nitrogens is 1. The third kappa shape index (κ3) is 4.56. The topological polar surface area (TPSA) is 86.2 Å². The number of nitrogens with two attached hydrogens (primary N) is 1. The maximum absolute atomic E-state index is 5.53. The van der Waals surface area contributed by atoms with Crippen molar-refractivity contribution in [1.29, 1.82) is 0 Å². The van der Waals surface area contributed by atoms with Crippen LogP contribution in [0.15, 0.2) is 6.20 Å². The number of halogens is 2. The molecule has 0 saturated heterocycles. The molecule has 12 heavy (non-hydrogen) atoms. The maximum Gasteiger partial charge on any atom is 0.122 e. The predicted octanol–water partition coefficient (Wildman–Crippen LogP) is 0.757. The van der Waals surface area contributed by atoms with Crippen molar-refractivity contribution in [2.24, 2.45) is 5.73 Å². The van der Waals surface area contributed by atoms with Crippen molar-refractivity contribution in [3.05, 3.63) is 17.7 Å². The first-order valence-electron chi connectivity index (χ1n) is 2.97. The van der Waals surface area contributed by atoms with Crippen molar-refractivity contribution in [3.8, 4) is 0 Å². The molecule has 1 atom stereocenters. The highest BCUT2D eigenvalue weighted by Crippen LogP contribution is 2.02. The lowest BCUT2D eigenvalue weighted by Gasteiger charge is -1.96. The van der Waals surface area contributed by atoms with Gasteiger partial charge in [-0.2, -0.15) is 0 Å². The van der Waals surface area contributed by atoms with Gasteiger partial charge in [-0.15, -0.1) is 24.8 Å². The second-order valence-corrected chi connectivity index (χ2v) is 2.24. The van der Waals surface area contributed by atoms with E-state index in [9.17, 15) is 0 Å². The SMILES string of the molecule is Cc1cnc(C(C)N)[nH]1.Cl.Cl.O. The molecule has 0 spiro atoms. The van der Waals surface area contributed by atoms with E-state index < -0.39 is 0 Å². The highest BCUT2D eigenvalue weighted by molar-refractivity contribution is 5.85. The molecule has 5 N–H and O–H groups in total. The highest BCUT2D eigenvalue weighted by Gasteiger charge is 2.00. The van der Waals surface area contributed by atoms with E-state index in [1.165, 1.54) is 0 Å². The van der Waals surface area contributed by atoms with Gasteiger partial charge in [0.1, 0.15) is 5.82 Å². The van der Waals surface area contributed by atoms with Gasteiger partial charge >= 0.3 is 0 Å². The van der Waals surface area contributed by atoms with E-state index in [-0.39, 0.29) is 36.3 Å². The van der Waals surface area contributed by atoms with Crippen LogP contribution in [0.5, 0.6) is 0 Å². The van der Waals surface area contributed by atoms with Gasteiger partial charge in [0, 0.05) is 11.9 Å². The zero-order chi connectivity index (χ0) is 6.85. The fourth-order valence-corrected chi connectivity index (χ4v) is 0.664. The molecule has 0 fully saturated rings. The number of imidazole rings is 1. The number of hydrogen-bond acceptors (Lipinski definition) is 2. The molecule has 4 nitrogen and oxygen atoms in total. The van der Waals surface area contributed by atoms with Gasteiger partial charge in [-0.05, 0) is 13.8 Å². The average Bonchev–Trinajstić information content (AvgIpc) is 2.14. The molecular formula is C6H15Cl2N3O. The van der Waals surface area contributed by atoms with Gasteiger partial charge in [-0.3, -0.25) is 0 Å². The fraction of sp³-hybridized carbons (Fsp3) is 0.500. The normalized spacial score (nSPS) is 10.2. The lowest BCUT2D eigenvalue weighted by molar-refractivity contribution is 0.754. The number of aromatic amines is 1. The van der Waals surface area contributed by atoms with Crippen LogP contribution in [-0.4, -0.2) is 15.4 Å². The summed E-state index contributed by atoms with van der Waals surface area (Å²) in [5.74, 6) is 0.854. The third-order valence-corrected chi connectivity index (χ3v) is 1.15. The van der Waals surface area contributed by atoms with Crippen molar-refractivity contribution in [3.63, 3.8) is 0 Å². The molecule has 1 aromatic heterocycles. The molecule has 0 aliphatic heterocycles. The molecule has 0 bridgehead atoms. The van der Waals surface area contributed by atoms with E-state index in [0.29, 0.717) is 0 Å². The molecular weight excluding hydrogens is 201 g/mol. The van der Waals surface area contributed by atoms with Crippen molar-refractivity contribution < 1.29 is 5.48 Å². The number of nitrogens with zero attached hydrogens (tertiary/aromatic N) is 1. The Bertz CT molecular complexity index is 202. The Hall–Kier alpha value is -0.290. The number of rotatable bonds is 1. The summed E-state index contributed by atoms with van der Waals surface area (Å²) >= 11 is 0. The summed E-state index contributed by atoms with van der Waals surface area (Å²) in [4.78, 5) is 7.07. The second kappa shape index (κ2) is 7.36. The van der Waals surface area contributed by atoms with Gasteiger partial charge in [0.05, 0.1) is 6.04 Å². The van der Waals surface area contributed by atoms with E-state index in [0.717, 1.165) is 11.5 Å². The lowest BCUT2D eigenvalue weighted by atomic mass is 10.3. The number of hydrogen-bond donors (Lipinski definition) is 2. The third-order valence-electron chi connectivity index (χ3n) is 1.15. The van der Waals surface area contributed by atoms with Gasteiger partial charge in [-0.1, -0.05) is 0 Å². The maximum atomic E-state index is 5.53. The van der Waals surface area contributed by atoms with Crippen LogP contribution in [0.2, 0.25) is 0 Å². The zero-order valence-corrected chi connectivity index (χ0v) is 8.63. The summed E-state index contributed by atoms with van der Waals surface area (Å²) < 4.78 is 0. The Morgan fingerprint density at radius 3 is 2.17 bits per heavy atom. The zero-order valence-electron chi connectivity index (χ0n) is 7.00. The molecule has 0 aliphatic carbocycles. The van der Waals surface area contributed by atoms with Crippen LogP contribution in [-0.2, 0) is 0 Å². The molecule has 0 amide bonds. The first kappa shape index (κ1) is 17.7. The van der Waals surface area contributed by atoms with Crippen LogP contribution in [0.4, 0.5) is 0 Å². The molecule has 1 heterocycles. The summed E-state index contributed by atoms with van der Waals surface area (Å²) in [7, 11) is 0. The summed E-state index contributed by atoms with van der Waals surface area (Å²) in [6, 6.07) is 0.0127. The Kier molecular flexibility index (Phi) is 10.9. The molecule has 0 saturated carbocycles. The summed E-state index contributed by atoms with van der Waals surface area (Å²) in [5, 5.41) is 0. The largest absolute Gasteiger partial charge is 0.412 e. The first-order chi connectivity index (χ1) is 4.20. The fourth-order valence-electron chi connectivity index (χ4n) is 0.664. The molecule has 0 aromatic carbocycles. The number of nitrogens with one attached hydrogen (secondary N) is 1. The van der Waals surface area contributed by atoms with E-state index in [2.05, 4.69) is 9.97 Å². The second-order valence-electron chi connectivity index (χ2n) is 2.24. The standard InChI is InChI=1S/C6H11N3.2ClH.H2O/c1-4-3-8-6(9-4)5(2)7;;;/h3,5H,7H2,1-2H3,(H,8,9);2*1H;1H2. The first-order valence-corrected chi connectivity index (χ1v) is 2.97. The highest BCUT2D eigenvalue weighted by atomic mass is 35.5. The van der Waals surface area contributed by atoms with Gasteiger partial charge < -0.3 is 16.2 Å². The van der Waals surface area contributed by atoms with E-state index in [1.807, 2.05) is 13.8 Å². The van der Waals surface area contributed by atoms with Crippen LogP contribution < -0.4 is 5.73 Å². The van der Waals surface area contributed by atoms with Crippen LogP contribution in [0.25, 0.3) is 0 Å². The van der Waals surface area contributed by atoms with Crippen molar-refractivity contribution >= 4 is 24.8 Å². The average molecular weight is 216 g/mol. The van der Waals surface area contributed by atoms with Gasteiger partial charge in [0.15, 0.2) is 0 Å². The Labute approximate surface area is 84.1 Å². The van der Waals surface area contributed by atoms with Crippen LogP contribution in [0.3, 0.4) is 0 Å². The van der Waals surface area contributed by atoms with Gasteiger partial charge in [-0.25, -0.2) is 4.98 Å². The Balaban J connectivity index is -0.000000270. The molecule has 74 valence electrons. The number of aryl methyl sites for hydroxylation is 1. The molecule has 0 aliphatic rings. The van der Waals surface area contributed by atoms with Crippen LogP contribution >= 0.6 is 24.8 Å². The summed E-state index contributed by atoms with van der Waals surface area (Å²) in [6.45, 7) is 3.86. The molecule has 1 rings (SSSR count). The minimum atomic E-state index is 0. The molecule has 1 aromatic rings. The van der Waals surface area contributed by atoms with Crippen molar-refractivity contribution in [1.82, 2.24) is 9.97 Å². The lowest BCUT2D eigenvalue weighted by Crippen LogP contribution is -2.06. The molecule has 1 unspecified atom stereocenters. The van der Waals surface area contributed by atoms with E-state index >= 15 is 0 Å².